The topological polar surface area (TPSA) is 44.4 Å². The van der Waals surface area contributed by atoms with Crippen molar-refractivity contribution in [3.05, 3.63) is 42.2 Å². The van der Waals surface area contributed by atoms with Crippen molar-refractivity contribution in [3.8, 4) is 0 Å². The zero-order valence-electron chi connectivity index (χ0n) is 8.84. The second-order valence-electron chi connectivity index (χ2n) is 3.48. The first-order valence-electron chi connectivity index (χ1n) is 5.00. The molecule has 1 aromatic carbocycles. The highest BCUT2D eigenvalue weighted by atomic mass is 19.1. The van der Waals surface area contributed by atoms with Gasteiger partial charge in [-0.3, -0.25) is 4.90 Å². The molecule has 0 unspecified atom stereocenters. The summed E-state index contributed by atoms with van der Waals surface area (Å²) in [5.41, 5.74) is 0.0828. The molecule has 1 aliphatic heterocycles. The van der Waals surface area contributed by atoms with E-state index in [0.717, 1.165) is 18.2 Å². The maximum absolute atomic E-state index is 12.9. The van der Waals surface area contributed by atoms with Crippen LogP contribution in [0.3, 0.4) is 0 Å². The van der Waals surface area contributed by atoms with Crippen LogP contribution < -0.4 is 10.6 Å². The summed E-state index contributed by atoms with van der Waals surface area (Å²) in [5, 5.41) is 5.21. The third kappa shape index (κ3) is 2.93. The van der Waals surface area contributed by atoms with Crippen LogP contribution in [-0.2, 0) is 0 Å². The molecular weight excluding hydrogens is 228 g/mol. The summed E-state index contributed by atoms with van der Waals surface area (Å²) >= 11 is 0. The van der Waals surface area contributed by atoms with E-state index in [9.17, 15) is 13.6 Å². The van der Waals surface area contributed by atoms with Crippen LogP contribution in [-0.4, -0.2) is 24.0 Å². The van der Waals surface area contributed by atoms with Crippen molar-refractivity contribution in [2.75, 3.05) is 18.4 Å². The maximum atomic E-state index is 12.9. The number of carbonyl (C=O) groups excluding carboxylic acids is 1. The number of benzene rings is 1. The molecule has 1 heterocycles. The normalized spacial score (nSPS) is 14.4. The average molecular weight is 238 g/mol. The molecule has 0 spiro atoms. The summed E-state index contributed by atoms with van der Waals surface area (Å²) in [6, 6.07) is 2.39. The van der Waals surface area contributed by atoms with Crippen molar-refractivity contribution in [2.24, 2.45) is 0 Å². The number of amides is 2. The van der Waals surface area contributed by atoms with Gasteiger partial charge in [0.1, 0.15) is 11.6 Å². The Morgan fingerprint density at radius 3 is 2.65 bits per heavy atom. The zero-order valence-corrected chi connectivity index (χ0v) is 8.84. The minimum absolute atomic E-state index is 0.0828. The molecule has 2 amide bonds. The number of halogens is 2. The van der Waals surface area contributed by atoms with E-state index in [0.29, 0.717) is 13.1 Å². The fraction of sp³-hybridized carbons (Fsp3) is 0.182. The van der Waals surface area contributed by atoms with E-state index in [1.165, 1.54) is 11.1 Å². The molecule has 1 aromatic rings. The van der Waals surface area contributed by atoms with Crippen LogP contribution in [0.15, 0.2) is 24.4 Å². The van der Waals surface area contributed by atoms with Gasteiger partial charge in [-0.05, 0) is 12.1 Å². The number of hydrogen-bond donors (Lipinski definition) is 2. The van der Waals surface area contributed by atoms with E-state index >= 15 is 0 Å². The smallest absolute Gasteiger partial charge is 0.325 e. The van der Waals surface area contributed by atoms with Gasteiger partial charge >= 0.3 is 6.03 Å². The van der Waals surface area contributed by atoms with Crippen molar-refractivity contribution in [2.45, 2.75) is 0 Å². The van der Waals surface area contributed by atoms with E-state index in [1.54, 1.807) is 0 Å². The molecule has 0 saturated heterocycles. The molecule has 0 bridgehead atoms. The Morgan fingerprint density at radius 1 is 1.35 bits per heavy atom. The van der Waals surface area contributed by atoms with Gasteiger partial charge in [0.15, 0.2) is 0 Å². The molecule has 0 aliphatic carbocycles. The molecule has 4 nitrogen and oxygen atoms in total. The standard InChI is InChI=1S/C11H10F2N3O/c12-8-5-9(13)7-10(6-8)15-11(17)16-3-1-14-2-4-16/h4-7,14H,1,3H2,(H,15,17). The van der Waals surface area contributed by atoms with E-state index in [2.05, 4.69) is 16.8 Å². The summed E-state index contributed by atoms with van der Waals surface area (Å²) in [6.07, 6.45) is 4.11. The number of hydrogen-bond acceptors (Lipinski definition) is 2. The molecule has 2 rings (SSSR count). The molecule has 1 radical (unpaired) electrons. The molecule has 17 heavy (non-hydrogen) atoms. The van der Waals surface area contributed by atoms with Gasteiger partial charge in [-0.25, -0.2) is 13.6 Å². The van der Waals surface area contributed by atoms with Crippen molar-refractivity contribution < 1.29 is 13.6 Å². The van der Waals surface area contributed by atoms with Gasteiger partial charge in [0.05, 0.1) is 6.20 Å². The van der Waals surface area contributed by atoms with Gasteiger partial charge < -0.3 is 10.6 Å². The van der Waals surface area contributed by atoms with Gasteiger partial charge in [0.2, 0.25) is 0 Å². The van der Waals surface area contributed by atoms with Crippen LogP contribution in [0.4, 0.5) is 19.3 Å². The van der Waals surface area contributed by atoms with Crippen molar-refractivity contribution in [3.63, 3.8) is 0 Å². The van der Waals surface area contributed by atoms with Gasteiger partial charge in [0, 0.05) is 31.0 Å². The average Bonchev–Trinajstić information content (AvgIpc) is 2.28. The predicted molar refractivity (Wildman–Crippen MR) is 57.9 cm³/mol. The first-order valence-corrected chi connectivity index (χ1v) is 5.00. The van der Waals surface area contributed by atoms with Crippen LogP contribution >= 0.6 is 0 Å². The minimum atomic E-state index is -0.734. The first-order chi connectivity index (χ1) is 8.15. The molecule has 0 saturated carbocycles. The quantitative estimate of drug-likeness (QED) is 0.781. The third-order valence-corrected chi connectivity index (χ3v) is 2.17. The number of anilines is 1. The van der Waals surface area contributed by atoms with Crippen molar-refractivity contribution in [1.82, 2.24) is 10.2 Å². The monoisotopic (exact) mass is 238 g/mol. The fourth-order valence-electron chi connectivity index (χ4n) is 1.42. The molecule has 6 heteroatoms. The number of nitrogens with one attached hydrogen (secondary N) is 2. The lowest BCUT2D eigenvalue weighted by atomic mass is 10.3. The van der Waals surface area contributed by atoms with E-state index < -0.39 is 17.7 Å². The second kappa shape index (κ2) is 4.82. The van der Waals surface area contributed by atoms with Crippen LogP contribution in [0.25, 0.3) is 0 Å². The summed E-state index contributed by atoms with van der Waals surface area (Å²) < 4.78 is 25.8. The fourth-order valence-corrected chi connectivity index (χ4v) is 1.42. The Hall–Kier alpha value is -2.11. The molecule has 89 valence electrons. The van der Waals surface area contributed by atoms with E-state index in [1.807, 2.05) is 0 Å². The van der Waals surface area contributed by atoms with Crippen LogP contribution in [0.2, 0.25) is 0 Å². The first kappa shape index (κ1) is 11.4. The highest BCUT2D eigenvalue weighted by Crippen LogP contribution is 2.13. The molecule has 1 aliphatic rings. The lowest BCUT2D eigenvalue weighted by Crippen LogP contribution is -2.38. The predicted octanol–water partition coefficient (Wildman–Crippen LogP) is 1.68. The Bertz CT molecular complexity index is 442. The van der Waals surface area contributed by atoms with E-state index in [4.69, 9.17) is 0 Å². The van der Waals surface area contributed by atoms with Crippen LogP contribution in [0.1, 0.15) is 0 Å². The number of carbonyl (C=O) groups is 1. The van der Waals surface area contributed by atoms with Crippen molar-refractivity contribution in [1.29, 1.82) is 0 Å². The number of nitrogens with zero attached hydrogens (tertiary/aromatic N) is 1. The number of rotatable bonds is 1. The Labute approximate surface area is 96.9 Å². The Balaban J connectivity index is 2.07. The minimum Gasteiger partial charge on any atom is -0.380 e. The second-order valence-corrected chi connectivity index (χ2v) is 3.48. The van der Waals surface area contributed by atoms with Gasteiger partial charge in [-0.2, -0.15) is 0 Å². The Kier molecular flexibility index (Phi) is 3.22. The highest BCUT2D eigenvalue weighted by Gasteiger charge is 2.13. The summed E-state index contributed by atoms with van der Waals surface area (Å²) in [6.45, 7) is 1.05. The SMILES string of the molecule is O=C(Nc1cc(F)cc(F)c1)N1C=[C]NCC1. The molecule has 0 atom stereocenters. The molecular formula is C11H10F2N3O. The summed E-state index contributed by atoms with van der Waals surface area (Å²) in [5.74, 6) is -1.47. The largest absolute Gasteiger partial charge is 0.380 e. The third-order valence-electron chi connectivity index (χ3n) is 2.17. The zero-order chi connectivity index (χ0) is 12.3. The van der Waals surface area contributed by atoms with Gasteiger partial charge in [0.25, 0.3) is 0 Å². The molecule has 0 fully saturated rings. The van der Waals surface area contributed by atoms with E-state index in [-0.39, 0.29) is 5.69 Å². The highest BCUT2D eigenvalue weighted by molar-refractivity contribution is 5.90. The van der Waals surface area contributed by atoms with Gasteiger partial charge in [-0.15, -0.1) is 0 Å². The number of urea groups is 1. The lowest BCUT2D eigenvalue weighted by Gasteiger charge is -2.21. The van der Waals surface area contributed by atoms with Crippen molar-refractivity contribution >= 4 is 11.7 Å². The molecule has 0 aromatic heterocycles. The lowest BCUT2D eigenvalue weighted by molar-refractivity contribution is 0.226. The summed E-state index contributed by atoms with van der Waals surface area (Å²) in [7, 11) is 0. The van der Waals surface area contributed by atoms with Crippen LogP contribution in [0, 0.1) is 17.8 Å². The Morgan fingerprint density at radius 2 is 2.06 bits per heavy atom. The molecule has 2 N–H and O–H groups in total. The van der Waals surface area contributed by atoms with Crippen LogP contribution in [0.5, 0.6) is 0 Å². The van der Waals surface area contributed by atoms with Gasteiger partial charge in [-0.1, -0.05) is 0 Å². The summed E-state index contributed by atoms with van der Waals surface area (Å²) in [4.78, 5) is 13.0. The maximum Gasteiger partial charge on any atom is 0.325 e.